The lowest BCUT2D eigenvalue weighted by molar-refractivity contribution is 0.238. The number of hydrogen-bond acceptors (Lipinski definition) is 5. The van der Waals surface area contributed by atoms with E-state index in [0.717, 1.165) is 62.3 Å². The van der Waals surface area contributed by atoms with Gasteiger partial charge in [-0.15, -0.1) is 11.3 Å². The number of rotatable bonds is 5. The van der Waals surface area contributed by atoms with Crippen LogP contribution in [0.4, 0.5) is 11.4 Å². The van der Waals surface area contributed by atoms with Crippen molar-refractivity contribution >= 4 is 43.6 Å². The fourth-order valence-electron chi connectivity index (χ4n) is 5.39. The molecule has 6 rings (SSSR count). The summed E-state index contributed by atoms with van der Waals surface area (Å²) in [5.74, 6) is 0. The normalized spacial score (nSPS) is 19.5. The van der Waals surface area contributed by atoms with Crippen LogP contribution >= 0.6 is 11.3 Å². The summed E-state index contributed by atoms with van der Waals surface area (Å²) in [6, 6.07) is 20.0. The Morgan fingerprint density at radius 1 is 0.912 bits per heavy atom. The Morgan fingerprint density at radius 3 is 2.56 bits per heavy atom. The van der Waals surface area contributed by atoms with E-state index in [2.05, 4.69) is 45.1 Å². The number of hydrogen-bond donors (Lipinski definition) is 1. The van der Waals surface area contributed by atoms with Crippen LogP contribution in [0.3, 0.4) is 0 Å². The number of fused-ring (bicyclic) bond motifs is 2. The van der Waals surface area contributed by atoms with E-state index >= 15 is 0 Å². The third-order valence-electron chi connectivity index (χ3n) is 7.07. The third kappa shape index (κ3) is 3.79. The van der Waals surface area contributed by atoms with E-state index in [1.807, 2.05) is 35.8 Å². The van der Waals surface area contributed by atoms with Crippen molar-refractivity contribution in [3.8, 4) is 0 Å². The summed E-state index contributed by atoms with van der Waals surface area (Å²) in [7, 11) is -3.59. The summed E-state index contributed by atoms with van der Waals surface area (Å²) in [6.45, 7) is 4.47. The lowest BCUT2D eigenvalue weighted by atomic mass is 9.97. The standard InChI is InChI=1S/C26H28N4O2S2/c31-34(32,26-9-4-18-33-26)30-21(11-10-20-5-1-2-7-24(20)30)19-28-14-16-29(17-15-28)25-8-3-6-23-22(25)12-13-27-23/h1-9,12-13,18,21,27H,10-11,14-17,19H2. The molecule has 1 saturated heterocycles. The van der Waals surface area contributed by atoms with Gasteiger partial charge in [-0.3, -0.25) is 9.21 Å². The maximum Gasteiger partial charge on any atom is 0.274 e. The second kappa shape index (κ2) is 8.76. The van der Waals surface area contributed by atoms with Gasteiger partial charge in [0, 0.05) is 55.5 Å². The monoisotopic (exact) mass is 492 g/mol. The van der Waals surface area contributed by atoms with Crippen molar-refractivity contribution in [1.29, 1.82) is 0 Å². The topological polar surface area (TPSA) is 59.7 Å². The predicted molar refractivity (Wildman–Crippen MR) is 139 cm³/mol. The van der Waals surface area contributed by atoms with Crippen LogP contribution in [-0.4, -0.2) is 57.1 Å². The fourth-order valence-corrected chi connectivity index (χ4v) is 8.17. The van der Waals surface area contributed by atoms with Gasteiger partial charge in [-0.05, 0) is 54.1 Å². The molecule has 0 saturated carbocycles. The van der Waals surface area contributed by atoms with Gasteiger partial charge >= 0.3 is 0 Å². The molecule has 8 heteroatoms. The lowest BCUT2D eigenvalue weighted by Gasteiger charge is -2.42. The van der Waals surface area contributed by atoms with Gasteiger partial charge in [-0.1, -0.05) is 30.3 Å². The smallest absolute Gasteiger partial charge is 0.274 e. The largest absolute Gasteiger partial charge is 0.368 e. The third-order valence-corrected chi connectivity index (χ3v) is 10.3. The second-order valence-electron chi connectivity index (χ2n) is 9.06. The van der Waals surface area contributed by atoms with Gasteiger partial charge in [-0.25, -0.2) is 8.42 Å². The quantitative estimate of drug-likeness (QED) is 0.444. The number of sulfonamides is 1. The Kier molecular flexibility index (Phi) is 5.59. The molecule has 2 aliphatic heterocycles. The van der Waals surface area contributed by atoms with Gasteiger partial charge < -0.3 is 9.88 Å². The zero-order valence-corrected chi connectivity index (χ0v) is 20.6. The highest BCUT2D eigenvalue weighted by Gasteiger charge is 2.37. The van der Waals surface area contributed by atoms with Crippen LogP contribution in [-0.2, 0) is 16.4 Å². The van der Waals surface area contributed by atoms with Gasteiger partial charge in [-0.2, -0.15) is 0 Å². The summed E-state index contributed by atoms with van der Waals surface area (Å²) in [6.07, 6.45) is 3.74. The van der Waals surface area contributed by atoms with Crippen molar-refractivity contribution in [3.63, 3.8) is 0 Å². The number of benzene rings is 2. The Labute approximate surface area is 204 Å². The zero-order chi connectivity index (χ0) is 23.1. The molecule has 2 aromatic heterocycles. The molecule has 1 fully saturated rings. The summed E-state index contributed by atoms with van der Waals surface area (Å²) in [5.41, 5.74) is 4.38. The number of piperazine rings is 1. The van der Waals surface area contributed by atoms with Crippen LogP contribution in [0.25, 0.3) is 10.9 Å². The number of nitrogens with one attached hydrogen (secondary N) is 1. The Morgan fingerprint density at radius 2 is 1.74 bits per heavy atom. The Hall–Kier alpha value is -2.81. The highest BCUT2D eigenvalue weighted by Crippen LogP contribution is 2.37. The predicted octanol–water partition coefficient (Wildman–Crippen LogP) is 4.56. The highest BCUT2D eigenvalue weighted by atomic mass is 32.2. The van der Waals surface area contributed by atoms with E-state index in [-0.39, 0.29) is 6.04 Å². The fraction of sp³-hybridized carbons (Fsp3) is 0.308. The summed E-state index contributed by atoms with van der Waals surface area (Å²) >= 11 is 1.29. The molecule has 1 unspecified atom stereocenters. The van der Waals surface area contributed by atoms with Crippen molar-refractivity contribution in [3.05, 3.63) is 77.8 Å². The summed E-state index contributed by atoms with van der Waals surface area (Å²) in [4.78, 5) is 8.18. The van der Waals surface area contributed by atoms with Crippen molar-refractivity contribution in [2.75, 3.05) is 41.9 Å². The van der Waals surface area contributed by atoms with E-state index in [1.165, 1.54) is 22.4 Å². The Balaban J connectivity index is 1.22. The lowest BCUT2D eigenvalue weighted by Crippen LogP contribution is -2.54. The van der Waals surface area contributed by atoms with E-state index in [1.54, 1.807) is 10.4 Å². The first-order valence-corrected chi connectivity index (χ1v) is 14.1. The molecule has 1 N–H and O–H groups in total. The minimum atomic E-state index is -3.59. The molecule has 34 heavy (non-hydrogen) atoms. The molecule has 176 valence electrons. The molecule has 4 heterocycles. The summed E-state index contributed by atoms with van der Waals surface area (Å²) < 4.78 is 29.5. The van der Waals surface area contributed by atoms with Crippen molar-refractivity contribution in [1.82, 2.24) is 9.88 Å². The van der Waals surface area contributed by atoms with Gasteiger partial charge in [0.1, 0.15) is 4.21 Å². The molecule has 6 nitrogen and oxygen atoms in total. The number of para-hydroxylation sites is 1. The van der Waals surface area contributed by atoms with Gasteiger partial charge in [0.25, 0.3) is 10.0 Å². The summed E-state index contributed by atoms with van der Waals surface area (Å²) in [5, 5.41) is 3.09. The highest BCUT2D eigenvalue weighted by molar-refractivity contribution is 7.94. The molecule has 2 aliphatic rings. The molecule has 1 atom stereocenters. The minimum Gasteiger partial charge on any atom is -0.368 e. The first kappa shape index (κ1) is 21.7. The van der Waals surface area contributed by atoms with Gasteiger partial charge in [0.2, 0.25) is 0 Å². The number of aryl methyl sites for hydroxylation is 1. The van der Waals surface area contributed by atoms with E-state index in [0.29, 0.717) is 4.21 Å². The molecule has 0 aliphatic carbocycles. The molecular formula is C26H28N4O2S2. The second-order valence-corrected chi connectivity index (χ2v) is 12.0. The Bertz CT molecular complexity index is 1390. The number of aromatic nitrogens is 1. The first-order valence-electron chi connectivity index (χ1n) is 11.8. The first-order chi connectivity index (χ1) is 16.6. The maximum absolute atomic E-state index is 13.7. The molecule has 2 aromatic carbocycles. The number of thiophene rings is 1. The molecule has 0 spiro atoms. The van der Waals surface area contributed by atoms with E-state index in [4.69, 9.17) is 0 Å². The molecule has 0 bridgehead atoms. The average Bonchev–Trinajstić information content (AvgIpc) is 3.57. The van der Waals surface area contributed by atoms with Crippen LogP contribution in [0.5, 0.6) is 0 Å². The molecule has 4 aromatic rings. The number of nitrogens with zero attached hydrogens (tertiary/aromatic N) is 3. The number of anilines is 2. The van der Waals surface area contributed by atoms with Crippen LogP contribution in [0.15, 0.2) is 76.4 Å². The maximum atomic E-state index is 13.7. The van der Waals surface area contributed by atoms with Crippen LogP contribution in [0, 0.1) is 0 Å². The number of H-pyrrole nitrogens is 1. The molecule has 0 amide bonds. The minimum absolute atomic E-state index is 0.0679. The molecular weight excluding hydrogens is 464 g/mol. The van der Waals surface area contributed by atoms with Crippen LogP contribution in [0.1, 0.15) is 12.0 Å². The van der Waals surface area contributed by atoms with Crippen molar-refractivity contribution in [2.24, 2.45) is 0 Å². The van der Waals surface area contributed by atoms with E-state index < -0.39 is 10.0 Å². The molecule has 0 radical (unpaired) electrons. The number of aromatic amines is 1. The van der Waals surface area contributed by atoms with Gasteiger partial charge in [0.15, 0.2) is 0 Å². The van der Waals surface area contributed by atoms with Crippen LogP contribution < -0.4 is 9.21 Å². The van der Waals surface area contributed by atoms with E-state index in [9.17, 15) is 8.42 Å². The SMILES string of the molecule is O=S(=O)(c1cccs1)N1c2ccccc2CCC1CN1CCN(c2cccc3[nH]ccc23)CC1. The van der Waals surface area contributed by atoms with Crippen LogP contribution in [0.2, 0.25) is 0 Å². The van der Waals surface area contributed by atoms with Gasteiger partial charge in [0.05, 0.1) is 11.7 Å². The van der Waals surface area contributed by atoms with Crippen molar-refractivity contribution < 1.29 is 8.42 Å². The zero-order valence-electron chi connectivity index (χ0n) is 18.9. The average molecular weight is 493 g/mol. The van der Waals surface area contributed by atoms with Crippen molar-refractivity contribution in [2.45, 2.75) is 23.1 Å².